The molecule has 0 heterocycles. The molecule has 1 unspecified atom stereocenters. The van der Waals surface area contributed by atoms with Gasteiger partial charge in [0, 0.05) is 12.9 Å². The molecule has 1 N–H and O–H groups in total. The zero-order valence-electron chi connectivity index (χ0n) is 17.9. The van der Waals surface area contributed by atoms with Gasteiger partial charge in [-0.1, -0.05) is 0 Å². The molecule has 0 bridgehead atoms. The largest absolute Gasteiger partial charge is 0.481 e. The van der Waals surface area contributed by atoms with E-state index >= 15 is 0 Å². The number of carboxylic acid groups (broad SMARTS) is 1. The molecule has 0 aliphatic rings. The zero-order chi connectivity index (χ0) is 23.9. The number of Topliss-reactive ketones (excluding diaryl/α,β-unsaturated/α-hetero) is 1. The highest BCUT2D eigenvalue weighted by Crippen LogP contribution is 2.17. The topological polar surface area (TPSA) is 142 Å². The lowest BCUT2D eigenvalue weighted by atomic mass is 10.1. The highest BCUT2D eigenvalue weighted by Gasteiger charge is 2.20. The summed E-state index contributed by atoms with van der Waals surface area (Å²) < 4.78 is 19.7. The minimum Gasteiger partial charge on any atom is -0.481 e. The number of benzene rings is 1. The Morgan fingerprint density at radius 1 is 0.875 bits per heavy atom. The van der Waals surface area contributed by atoms with Crippen LogP contribution >= 0.6 is 11.8 Å². The third-order valence-corrected chi connectivity index (χ3v) is 5.24. The maximum Gasteiger partial charge on any atom is 0.338 e. The number of carbonyl (C=O) groups excluding carboxylic acids is 4. The molecule has 1 aromatic rings. The van der Waals surface area contributed by atoms with E-state index in [1.165, 1.54) is 38.3 Å². The second-order valence-corrected chi connectivity index (χ2v) is 7.69. The van der Waals surface area contributed by atoms with Crippen molar-refractivity contribution in [3.8, 4) is 0 Å². The molecule has 0 aliphatic heterocycles. The first-order valence-electron chi connectivity index (χ1n) is 9.67. The van der Waals surface area contributed by atoms with E-state index in [4.69, 9.17) is 24.1 Å². The summed E-state index contributed by atoms with van der Waals surface area (Å²) in [6.07, 6.45) is -0.315. The summed E-state index contributed by atoms with van der Waals surface area (Å²) in [7, 11) is 1.49. The first-order valence-corrected chi connectivity index (χ1v) is 10.7. The molecular weight excluding hydrogens is 444 g/mol. The Kier molecular flexibility index (Phi) is 12.7. The molecule has 1 aromatic carbocycles. The molecule has 0 aromatic heterocycles. The van der Waals surface area contributed by atoms with Gasteiger partial charge in [-0.05, 0) is 31.2 Å². The van der Waals surface area contributed by atoms with E-state index in [-0.39, 0.29) is 61.9 Å². The molecule has 176 valence electrons. The SMILES string of the molecule is COCCOC(=O)c1ccc(C(=O)OCCOC(=O)CC(SCCC(=O)O)C(C)=O)cc1. The first kappa shape index (κ1) is 27.1. The van der Waals surface area contributed by atoms with Gasteiger partial charge in [-0.15, -0.1) is 11.8 Å². The Hall–Kier alpha value is -2.92. The Morgan fingerprint density at radius 3 is 1.84 bits per heavy atom. The number of esters is 3. The Bertz CT molecular complexity index is 790. The molecule has 0 spiro atoms. The first-order chi connectivity index (χ1) is 15.2. The van der Waals surface area contributed by atoms with E-state index in [1.807, 2.05) is 0 Å². The van der Waals surface area contributed by atoms with Crippen molar-refractivity contribution in [2.24, 2.45) is 0 Å². The van der Waals surface area contributed by atoms with Gasteiger partial charge in [-0.2, -0.15) is 0 Å². The smallest absolute Gasteiger partial charge is 0.338 e. The van der Waals surface area contributed by atoms with Crippen LogP contribution in [0.25, 0.3) is 0 Å². The lowest BCUT2D eigenvalue weighted by Crippen LogP contribution is -2.22. The summed E-state index contributed by atoms with van der Waals surface area (Å²) >= 11 is 1.08. The summed E-state index contributed by atoms with van der Waals surface area (Å²) in [6, 6.07) is 5.67. The summed E-state index contributed by atoms with van der Waals surface area (Å²) in [6.45, 7) is 1.32. The van der Waals surface area contributed by atoms with E-state index in [0.29, 0.717) is 0 Å². The van der Waals surface area contributed by atoms with Gasteiger partial charge in [0.15, 0.2) is 0 Å². The number of hydrogen-bond donors (Lipinski definition) is 1. The van der Waals surface area contributed by atoms with E-state index in [9.17, 15) is 24.0 Å². The molecule has 0 saturated heterocycles. The van der Waals surface area contributed by atoms with Crippen LogP contribution in [0.1, 0.15) is 40.5 Å². The maximum atomic E-state index is 12.0. The van der Waals surface area contributed by atoms with Crippen molar-refractivity contribution >= 4 is 41.4 Å². The number of carbonyl (C=O) groups is 5. The number of methoxy groups -OCH3 is 1. The van der Waals surface area contributed by atoms with Gasteiger partial charge < -0.3 is 24.1 Å². The maximum absolute atomic E-state index is 12.0. The van der Waals surface area contributed by atoms with Crippen LogP contribution in [0.15, 0.2) is 24.3 Å². The van der Waals surface area contributed by atoms with Gasteiger partial charge in [0.1, 0.15) is 25.6 Å². The lowest BCUT2D eigenvalue weighted by molar-refractivity contribution is -0.145. The second kappa shape index (κ2) is 15.0. The highest BCUT2D eigenvalue weighted by molar-refractivity contribution is 8.00. The average molecular weight is 470 g/mol. The number of carboxylic acids is 1. The summed E-state index contributed by atoms with van der Waals surface area (Å²) in [5, 5.41) is 7.95. The summed E-state index contributed by atoms with van der Waals surface area (Å²) in [5.41, 5.74) is 0.476. The van der Waals surface area contributed by atoms with Gasteiger partial charge in [0.2, 0.25) is 0 Å². The second-order valence-electron chi connectivity index (χ2n) is 6.38. The van der Waals surface area contributed by atoms with Crippen molar-refractivity contribution in [3.05, 3.63) is 35.4 Å². The normalized spacial score (nSPS) is 11.3. The van der Waals surface area contributed by atoms with Gasteiger partial charge in [0.25, 0.3) is 0 Å². The van der Waals surface area contributed by atoms with Crippen molar-refractivity contribution < 1.29 is 48.0 Å². The molecule has 0 aliphatic carbocycles. The van der Waals surface area contributed by atoms with Crippen molar-refractivity contribution in [1.82, 2.24) is 0 Å². The molecule has 32 heavy (non-hydrogen) atoms. The van der Waals surface area contributed by atoms with E-state index in [2.05, 4.69) is 0 Å². The predicted octanol–water partition coefficient (Wildman–Crippen LogP) is 1.75. The standard InChI is InChI=1S/C21H26O10S/c1-14(22)17(32-12-7-18(23)24)13-19(25)29-10-11-31-21(27)16-5-3-15(4-6-16)20(26)30-9-8-28-2/h3-6,17H,7-13H2,1-2H3,(H,23,24). The third kappa shape index (κ3) is 10.9. The van der Waals surface area contributed by atoms with Crippen molar-refractivity contribution in [2.45, 2.75) is 25.0 Å². The molecular formula is C21H26O10S. The number of rotatable bonds is 15. The number of ether oxygens (including phenoxy) is 4. The molecule has 0 amide bonds. The predicted molar refractivity (Wildman–Crippen MR) is 114 cm³/mol. The fourth-order valence-corrected chi connectivity index (χ4v) is 3.30. The molecule has 10 nitrogen and oxygen atoms in total. The fraction of sp³-hybridized carbons (Fsp3) is 0.476. The molecule has 1 atom stereocenters. The van der Waals surface area contributed by atoms with Gasteiger partial charge in [0.05, 0.1) is 35.8 Å². The average Bonchev–Trinajstić information content (AvgIpc) is 2.75. The number of hydrogen-bond acceptors (Lipinski definition) is 10. The van der Waals surface area contributed by atoms with E-state index in [0.717, 1.165) is 11.8 Å². The van der Waals surface area contributed by atoms with Crippen molar-refractivity contribution in [3.63, 3.8) is 0 Å². The molecule has 1 rings (SSSR count). The van der Waals surface area contributed by atoms with Gasteiger partial charge in [-0.25, -0.2) is 9.59 Å². The summed E-state index contributed by atoms with van der Waals surface area (Å²) in [5.74, 6) is -2.89. The number of ketones is 1. The zero-order valence-corrected chi connectivity index (χ0v) is 18.7. The summed E-state index contributed by atoms with van der Waals surface area (Å²) in [4.78, 5) is 57.8. The van der Waals surface area contributed by atoms with Crippen LogP contribution in [0.5, 0.6) is 0 Å². The third-order valence-electron chi connectivity index (χ3n) is 3.90. The molecule has 0 radical (unpaired) electrons. The number of aliphatic carboxylic acids is 1. The van der Waals surface area contributed by atoms with Crippen molar-refractivity contribution in [2.75, 3.05) is 39.3 Å². The quantitative estimate of drug-likeness (QED) is 0.227. The Labute approximate surface area is 189 Å². The van der Waals surface area contributed by atoms with Gasteiger partial charge >= 0.3 is 23.9 Å². The minimum atomic E-state index is -0.985. The van der Waals surface area contributed by atoms with Crippen LogP contribution in [0.4, 0.5) is 0 Å². The minimum absolute atomic E-state index is 0.116. The fourth-order valence-electron chi connectivity index (χ4n) is 2.24. The van der Waals surface area contributed by atoms with Crippen LogP contribution in [0.2, 0.25) is 0 Å². The van der Waals surface area contributed by atoms with E-state index < -0.39 is 29.1 Å². The van der Waals surface area contributed by atoms with Crippen LogP contribution in [-0.4, -0.2) is 79.3 Å². The Morgan fingerprint density at radius 2 is 1.38 bits per heavy atom. The van der Waals surface area contributed by atoms with E-state index in [1.54, 1.807) is 0 Å². The highest BCUT2D eigenvalue weighted by atomic mass is 32.2. The molecule has 0 saturated carbocycles. The van der Waals surface area contributed by atoms with Crippen LogP contribution in [-0.2, 0) is 33.3 Å². The van der Waals surface area contributed by atoms with Crippen LogP contribution in [0.3, 0.4) is 0 Å². The monoisotopic (exact) mass is 470 g/mol. The van der Waals surface area contributed by atoms with Gasteiger partial charge in [-0.3, -0.25) is 14.4 Å². The van der Waals surface area contributed by atoms with Crippen molar-refractivity contribution in [1.29, 1.82) is 0 Å². The molecule has 0 fully saturated rings. The lowest BCUT2D eigenvalue weighted by Gasteiger charge is -2.12. The Balaban J connectivity index is 2.36. The van der Waals surface area contributed by atoms with Crippen LogP contribution < -0.4 is 0 Å². The number of thioether (sulfide) groups is 1. The molecule has 11 heteroatoms. The van der Waals surface area contributed by atoms with Crippen LogP contribution in [0, 0.1) is 0 Å².